The van der Waals surface area contributed by atoms with Crippen molar-refractivity contribution in [3.8, 4) is 0 Å². The molecule has 1 saturated heterocycles. The minimum absolute atomic E-state index is 0.0889. The van der Waals surface area contributed by atoms with E-state index in [2.05, 4.69) is 15.3 Å². The van der Waals surface area contributed by atoms with Crippen molar-refractivity contribution in [1.82, 2.24) is 14.8 Å². The van der Waals surface area contributed by atoms with Crippen molar-refractivity contribution in [2.75, 3.05) is 18.4 Å². The molecule has 112 valence electrons. The van der Waals surface area contributed by atoms with Crippen LogP contribution in [0.3, 0.4) is 0 Å². The molecular formula is C11H15F3N4O2. The molecule has 1 unspecified atom stereocenters. The number of hydrogen-bond donors (Lipinski definition) is 1. The van der Waals surface area contributed by atoms with Crippen molar-refractivity contribution in [2.45, 2.75) is 25.1 Å². The van der Waals surface area contributed by atoms with E-state index in [0.29, 0.717) is 13.0 Å². The highest BCUT2D eigenvalue weighted by Gasteiger charge is 2.43. The summed E-state index contributed by atoms with van der Waals surface area (Å²) < 4.78 is 38.0. The monoisotopic (exact) mass is 292 g/mol. The number of aryl methyl sites for hydroxylation is 1. The summed E-state index contributed by atoms with van der Waals surface area (Å²) in [4.78, 5) is 15.1. The lowest BCUT2D eigenvalue weighted by molar-refractivity contribution is -0.241. The second kappa shape index (κ2) is 5.70. The van der Waals surface area contributed by atoms with E-state index >= 15 is 0 Å². The molecule has 2 rings (SSSR count). The lowest BCUT2D eigenvalue weighted by Crippen LogP contribution is -2.45. The fourth-order valence-corrected chi connectivity index (χ4v) is 2.04. The predicted molar refractivity (Wildman–Crippen MR) is 63.6 cm³/mol. The maximum atomic E-state index is 12.1. The lowest BCUT2D eigenvalue weighted by Gasteiger charge is -2.31. The number of halogens is 3. The number of rotatable bonds is 3. The maximum absolute atomic E-state index is 12.1. The Balaban J connectivity index is 1.87. The third-order valence-electron chi connectivity index (χ3n) is 2.90. The predicted octanol–water partition coefficient (Wildman–Crippen LogP) is 1.32. The van der Waals surface area contributed by atoms with Gasteiger partial charge in [-0.15, -0.1) is 5.06 Å². The molecule has 0 amide bonds. The Morgan fingerprint density at radius 1 is 1.55 bits per heavy atom. The van der Waals surface area contributed by atoms with Crippen molar-refractivity contribution in [1.29, 1.82) is 0 Å². The molecule has 2 heterocycles. The summed E-state index contributed by atoms with van der Waals surface area (Å²) in [7, 11) is 1.77. The first-order valence-electron chi connectivity index (χ1n) is 6.14. The number of alkyl halides is 3. The zero-order chi connectivity index (χ0) is 14.8. The number of piperidine rings is 1. The number of aromatic nitrogens is 2. The van der Waals surface area contributed by atoms with Gasteiger partial charge in [0.2, 0.25) is 0 Å². The summed E-state index contributed by atoms with van der Waals surface area (Å²) in [5.41, 5.74) is 0.779. The van der Waals surface area contributed by atoms with Gasteiger partial charge in [-0.1, -0.05) is 0 Å². The second-order valence-electron chi connectivity index (χ2n) is 4.65. The summed E-state index contributed by atoms with van der Waals surface area (Å²) in [6, 6.07) is -0.0889. The van der Waals surface area contributed by atoms with Crippen LogP contribution in [-0.4, -0.2) is 46.1 Å². The third-order valence-corrected chi connectivity index (χ3v) is 2.90. The largest absolute Gasteiger partial charge is 0.492 e. The van der Waals surface area contributed by atoms with Crippen molar-refractivity contribution >= 4 is 11.7 Å². The Kier molecular flexibility index (Phi) is 4.17. The molecule has 0 aromatic carbocycles. The quantitative estimate of drug-likeness (QED) is 0.910. The number of nitrogens with zero attached hydrogens (tertiary/aromatic N) is 3. The average Bonchev–Trinajstić information content (AvgIpc) is 2.74. The molecule has 0 bridgehead atoms. The fraction of sp³-hybridized carbons (Fsp3) is 0.636. The fourth-order valence-electron chi connectivity index (χ4n) is 2.04. The van der Waals surface area contributed by atoms with Crippen molar-refractivity contribution in [3.05, 3.63) is 12.4 Å². The van der Waals surface area contributed by atoms with E-state index < -0.39 is 12.1 Å². The van der Waals surface area contributed by atoms with E-state index in [1.54, 1.807) is 24.1 Å². The van der Waals surface area contributed by atoms with E-state index in [-0.39, 0.29) is 12.6 Å². The minimum Gasteiger partial charge on any atom is -0.378 e. The molecule has 1 fully saturated rings. The molecule has 20 heavy (non-hydrogen) atoms. The van der Waals surface area contributed by atoms with Gasteiger partial charge in [-0.3, -0.25) is 4.68 Å². The molecule has 1 aliphatic rings. The lowest BCUT2D eigenvalue weighted by atomic mass is 10.1. The SMILES string of the molecule is Cn1cc(NC2CCCN(OC(=O)C(F)(F)F)C2)cn1. The molecule has 0 spiro atoms. The van der Waals surface area contributed by atoms with Gasteiger partial charge in [0.05, 0.1) is 18.4 Å². The average molecular weight is 292 g/mol. The molecular weight excluding hydrogens is 277 g/mol. The van der Waals surface area contributed by atoms with Gasteiger partial charge in [-0.25, -0.2) is 4.79 Å². The Labute approximate surface area is 113 Å². The molecule has 1 aromatic rings. The van der Waals surface area contributed by atoms with E-state index in [1.807, 2.05) is 0 Å². The summed E-state index contributed by atoms with van der Waals surface area (Å²) in [6.45, 7) is 0.504. The van der Waals surface area contributed by atoms with Crippen molar-refractivity contribution < 1.29 is 22.8 Å². The van der Waals surface area contributed by atoms with Crippen LogP contribution < -0.4 is 5.32 Å². The Morgan fingerprint density at radius 3 is 2.90 bits per heavy atom. The maximum Gasteiger partial charge on any atom is 0.492 e. The van der Waals surface area contributed by atoms with Gasteiger partial charge in [0.1, 0.15) is 0 Å². The standard InChI is InChI=1S/C11H15F3N4O2/c1-17-6-9(5-15-17)16-8-3-2-4-18(7-8)20-10(19)11(12,13)14/h5-6,8,16H,2-4,7H2,1H3. The number of anilines is 1. The van der Waals surface area contributed by atoms with Crippen LogP contribution in [0, 0.1) is 0 Å². The molecule has 1 aliphatic heterocycles. The van der Waals surface area contributed by atoms with Crippen LogP contribution in [-0.2, 0) is 16.7 Å². The summed E-state index contributed by atoms with van der Waals surface area (Å²) in [5, 5.41) is 8.18. The smallest absolute Gasteiger partial charge is 0.378 e. The number of nitrogens with one attached hydrogen (secondary N) is 1. The summed E-state index contributed by atoms with van der Waals surface area (Å²) >= 11 is 0. The van der Waals surface area contributed by atoms with Crippen LogP contribution in [0.15, 0.2) is 12.4 Å². The first kappa shape index (κ1) is 14.6. The zero-order valence-electron chi connectivity index (χ0n) is 10.9. The van der Waals surface area contributed by atoms with Crippen LogP contribution in [0.25, 0.3) is 0 Å². The van der Waals surface area contributed by atoms with Gasteiger partial charge in [-0.2, -0.15) is 18.3 Å². The number of carbonyl (C=O) groups excluding carboxylic acids is 1. The molecule has 0 saturated carbocycles. The first-order chi connectivity index (χ1) is 9.34. The van der Waals surface area contributed by atoms with Gasteiger partial charge in [-0.05, 0) is 12.8 Å². The molecule has 1 atom stereocenters. The molecule has 1 N–H and O–H groups in total. The Bertz CT molecular complexity index is 474. The molecule has 0 radical (unpaired) electrons. The van der Waals surface area contributed by atoms with Crippen LogP contribution in [0.5, 0.6) is 0 Å². The van der Waals surface area contributed by atoms with Gasteiger partial charge in [0.15, 0.2) is 0 Å². The van der Waals surface area contributed by atoms with E-state index in [9.17, 15) is 18.0 Å². The Morgan fingerprint density at radius 2 is 2.30 bits per heavy atom. The van der Waals surface area contributed by atoms with Crippen molar-refractivity contribution in [2.24, 2.45) is 7.05 Å². The van der Waals surface area contributed by atoms with Crippen LogP contribution in [0.4, 0.5) is 18.9 Å². The number of carbonyl (C=O) groups is 1. The van der Waals surface area contributed by atoms with Crippen LogP contribution in [0.1, 0.15) is 12.8 Å². The summed E-state index contributed by atoms with van der Waals surface area (Å²) in [6.07, 6.45) is -0.150. The van der Waals surface area contributed by atoms with E-state index in [1.165, 1.54) is 0 Å². The third kappa shape index (κ3) is 3.86. The van der Waals surface area contributed by atoms with Crippen molar-refractivity contribution in [3.63, 3.8) is 0 Å². The molecule has 0 aliphatic carbocycles. The molecule has 9 heteroatoms. The second-order valence-corrected chi connectivity index (χ2v) is 4.65. The topological polar surface area (TPSA) is 59.4 Å². The first-order valence-corrected chi connectivity index (χ1v) is 6.14. The van der Waals surface area contributed by atoms with Crippen LogP contribution in [0.2, 0.25) is 0 Å². The van der Waals surface area contributed by atoms with E-state index in [4.69, 9.17) is 0 Å². The zero-order valence-corrected chi connectivity index (χ0v) is 10.9. The van der Waals surface area contributed by atoms with Crippen LogP contribution >= 0.6 is 0 Å². The molecule has 6 nitrogen and oxygen atoms in total. The number of hydrogen-bond acceptors (Lipinski definition) is 5. The highest BCUT2D eigenvalue weighted by atomic mass is 19.4. The summed E-state index contributed by atoms with van der Waals surface area (Å²) in [5.74, 6) is -2.18. The number of hydroxylamine groups is 2. The normalized spacial score (nSPS) is 20.7. The highest BCUT2D eigenvalue weighted by Crippen LogP contribution is 2.20. The van der Waals surface area contributed by atoms with Gasteiger partial charge in [0, 0.05) is 25.8 Å². The minimum atomic E-state index is -4.97. The van der Waals surface area contributed by atoms with Gasteiger partial charge < -0.3 is 10.2 Å². The van der Waals surface area contributed by atoms with E-state index in [0.717, 1.165) is 17.2 Å². The molecule has 1 aromatic heterocycles. The highest BCUT2D eigenvalue weighted by molar-refractivity contribution is 5.75. The van der Waals surface area contributed by atoms with Gasteiger partial charge in [0.25, 0.3) is 0 Å². The Hall–Kier alpha value is -1.77. The van der Waals surface area contributed by atoms with Gasteiger partial charge >= 0.3 is 12.1 Å².